The molecule has 328 valence electrons. The number of benzene rings is 4. The molecule has 6 heterocycles. The molecular formula is C46H46Cl4N8O5. The summed E-state index contributed by atoms with van der Waals surface area (Å²) in [5.41, 5.74) is 5.42. The van der Waals surface area contributed by atoms with Gasteiger partial charge >= 0.3 is 0 Å². The second-order valence-electron chi connectivity index (χ2n) is 16.0. The summed E-state index contributed by atoms with van der Waals surface area (Å²) in [6, 6.07) is 23.5. The highest BCUT2D eigenvalue weighted by molar-refractivity contribution is 6.35. The van der Waals surface area contributed by atoms with Crippen LogP contribution in [-0.2, 0) is 43.6 Å². The summed E-state index contributed by atoms with van der Waals surface area (Å²) >= 11 is 26.3. The van der Waals surface area contributed by atoms with Crippen molar-refractivity contribution in [2.75, 3.05) is 75.4 Å². The minimum Gasteiger partial charge on any atom is -0.457 e. The van der Waals surface area contributed by atoms with Gasteiger partial charge in [-0.25, -0.2) is 9.97 Å². The molecule has 10 rings (SSSR count). The normalized spacial score (nSPS) is 24.0. The number of aromatic nitrogens is 4. The molecule has 0 bridgehead atoms. The highest BCUT2D eigenvalue weighted by atomic mass is 35.5. The average molecular weight is 933 g/mol. The maximum absolute atomic E-state index is 7.07. The minimum absolute atomic E-state index is 0.286. The van der Waals surface area contributed by atoms with E-state index in [9.17, 15) is 0 Å². The first kappa shape index (κ1) is 42.6. The predicted molar refractivity (Wildman–Crippen MR) is 244 cm³/mol. The first-order valence-corrected chi connectivity index (χ1v) is 22.6. The molecule has 2 aromatic heterocycles. The maximum atomic E-state index is 7.07. The van der Waals surface area contributed by atoms with Crippen LogP contribution in [-0.4, -0.2) is 96.9 Å². The van der Waals surface area contributed by atoms with Crippen molar-refractivity contribution in [3.05, 3.63) is 153 Å². The van der Waals surface area contributed by atoms with E-state index in [1.165, 1.54) is 0 Å². The van der Waals surface area contributed by atoms with E-state index in [-0.39, 0.29) is 25.4 Å². The maximum Gasteiger partial charge on any atom is 0.286 e. The standard InChI is InChI=1S/C46H46Cl4N8O5/c47-33-1-5-39(41(49)25-33)45(57-19-13-53-29-57)59-27-37(62-45)23-31-21-35(55-15-9-51-10-16-55)3-7-43(31)61-44-8-4-36(56-17-11-52-12-18-56)22-32(44)24-38-28-60-46(63-38,58-20-14-54-30-58)40-6-2-34(48)26-42(40)50/h1-8,13-14,19-22,25-26,29-30,37-38,51-52H,9-12,15-18,23-24,27-28H2. The molecule has 0 aliphatic carbocycles. The fraction of sp³-hybridized carbons (Fsp3) is 0.348. The van der Waals surface area contributed by atoms with E-state index < -0.39 is 11.8 Å². The highest BCUT2D eigenvalue weighted by Crippen LogP contribution is 2.44. The fourth-order valence-electron chi connectivity index (χ4n) is 8.89. The smallest absolute Gasteiger partial charge is 0.286 e. The zero-order chi connectivity index (χ0) is 43.0. The molecule has 0 amide bonds. The van der Waals surface area contributed by atoms with Crippen LogP contribution < -0.4 is 25.2 Å². The van der Waals surface area contributed by atoms with Gasteiger partial charge in [-0.3, -0.25) is 9.13 Å². The van der Waals surface area contributed by atoms with Gasteiger partial charge in [0.1, 0.15) is 11.5 Å². The number of anilines is 2. The third-order valence-corrected chi connectivity index (χ3v) is 13.1. The number of piperazine rings is 2. The van der Waals surface area contributed by atoms with Crippen LogP contribution >= 0.6 is 46.4 Å². The van der Waals surface area contributed by atoms with Crippen LogP contribution in [0.4, 0.5) is 11.4 Å². The Labute approximate surface area is 385 Å². The lowest BCUT2D eigenvalue weighted by Crippen LogP contribution is -2.43. The summed E-state index contributed by atoms with van der Waals surface area (Å²) in [5, 5.41) is 8.81. The van der Waals surface area contributed by atoms with Crippen LogP contribution in [0.15, 0.2) is 110 Å². The number of hydrogen-bond acceptors (Lipinski definition) is 11. The van der Waals surface area contributed by atoms with Gasteiger partial charge in [0, 0.05) is 111 Å². The molecule has 4 aromatic carbocycles. The topological polar surface area (TPSA) is 112 Å². The van der Waals surface area contributed by atoms with Crippen molar-refractivity contribution in [2.24, 2.45) is 0 Å². The second kappa shape index (κ2) is 18.2. The van der Waals surface area contributed by atoms with Crippen molar-refractivity contribution < 1.29 is 23.7 Å². The monoisotopic (exact) mass is 930 g/mol. The van der Waals surface area contributed by atoms with E-state index in [2.05, 4.69) is 66.8 Å². The van der Waals surface area contributed by atoms with Gasteiger partial charge in [0.2, 0.25) is 0 Å². The van der Waals surface area contributed by atoms with Gasteiger partial charge in [0.05, 0.1) is 59.2 Å². The van der Waals surface area contributed by atoms with Crippen molar-refractivity contribution >= 4 is 57.8 Å². The molecule has 4 aliphatic heterocycles. The molecule has 4 atom stereocenters. The highest BCUT2D eigenvalue weighted by Gasteiger charge is 2.48. The van der Waals surface area contributed by atoms with Gasteiger partial charge in [0.15, 0.2) is 0 Å². The van der Waals surface area contributed by atoms with Crippen molar-refractivity contribution in [3.63, 3.8) is 0 Å². The third kappa shape index (κ3) is 8.64. The Balaban J connectivity index is 0.985. The number of nitrogens with one attached hydrogen (secondary N) is 2. The lowest BCUT2D eigenvalue weighted by Gasteiger charge is -2.31. The molecule has 4 unspecified atom stereocenters. The average Bonchev–Trinajstić information content (AvgIpc) is 4.15. The molecule has 4 aliphatic rings. The van der Waals surface area contributed by atoms with Crippen molar-refractivity contribution in [1.29, 1.82) is 0 Å². The molecule has 0 spiro atoms. The van der Waals surface area contributed by atoms with Crippen molar-refractivity contribution in [1.82, 2.24) is 29.7 Å². The van der Waals surface area contributed by atoms with E-state index in [1.54, 1.807) is 70.8 Å². The van der Waals surface area contributed by atoms with Crippen LogP contribution in [0.3, 0.4) is 0 Å². The molecule has 17 heteroatoms. The number of imidazole rings is 2. The summed E-state index contributed by atoms with van der Waals surface area (Å²) in [4.78, 5) is 13.4. The van der Waals surface area contributed by atoms with Crippen LogP contribution in [0.5, 0.6) is 11.5 Å². The first-order chi connectivity index (χ1) is 30.8. The Morgan fingerprint density at radius 2 is 1.03 bits per heavy atom. The molecule has 4 fully saturated rings. The zero-order valence-electron chi connectivity index (χ0n) is 34.3. The van der Waals surface area contributed by atoms with E-state index >= 15 is 0 Å². The number of nitrogens with zero attached hydrogens (tertiary/aromatic N) is 6. The molecule has 0 saturated carbocycles. The quantitative estimate of drug-likeness (QED) is 0.125. The first-order valence-electron chi connectivity index (χ1n) is 21.1. The molecule has 13 nitrogen and oxygen atoms in total. The van der Waals surface area contributed by atoms with Crippen molar-refractivity contribution in [2.45, 2.75) is 36.9 Å². The molecule has 4 saturated heterocycles. The van der Waals surface area contributed by atoms with Crippen LogP contribution in [0.2, 0.25) is 20.1 Å². The van der Waals surface area contributed by atoms with E-state index in [0.717, 1.165) is 74.9 Å². The van der Waals surface area contributed by atoms with Crippen LogP contribution in [0, 0.1) is 0 Å². The summed E-state index contributed by atoms with van der Waals surface area (Å²) in [6.45, 7) is 7.77. The molecule has 63 heavy (non-hydrogen) atoms. The summed E-state index contributed by atoms with van der Waals surface area (Å²) in [7, 11) is 0. The Morgan fingerprint density at radius 1 is 0.587 bits per heavy atom. The predicted octanol–water partition coefficient (Wildman–Crippen LogP) is 7.94. The number of ether oxygens (including phenoxy) is 5. The summed E-state index contributed by atoms with van der Waals surface area (Å²) < 4.78 is 37.7. The van der Waals surface area contributed by atoms with Gasteiger partial charge in [-0.2, -0.15) is 0 Å². The van der Waals surface area contributed by atoms with E-state index in [0.29, 0.717) is 55.6 Å². The molecule has 6 aromatic rings. The van der Waals surface area contributed by atoms with Crippen molar-refractivity contribution in [3.8, 4) is 11.5 Å². The second-order valence-corrected chi connectivity index (χ2v) is 17.7. The molecule has 2 N–H and O–H groups in total. The number of halogens is 4. The lowest BCUT2D eigenvalue weighted by molar-refractivity contribution is -0.198. The minimum atomic E-state index is -1.35. The van der Waals surface area contributed by atoms with Crippen LogP contribution in [0.1, 0.15) is 22.3 Å². The Hall–Kier alpha value is -4.38. The summed E-state index contributed by atoms with van der Waals surface area (Å²) in [5.74, 6) is -1.28. The number of rotatable bonds is 12. The van der Waals surface area contributed by atoms with Gasteiger partial charge < -0.3 is 44.1 Å². The largest absolute Gasteiger partial charge is 0.457 e. The molecule has 0 radical (unpaired) electrons. The van der Waals surface area contributed by atoms with E-state index in [1.807, 2.05) is 12.1 Å². The van der Waals surface area contributed by atoms with E-state index in [4.69, 9.17) is 70.1 Å². The van der Waals surface area contributed by atoms with Crippen LogP contribution in [0.25, 0.3) is 0 Å². The third-order valence-electron chi connectivity index (χ3n) is 12.0. The SMILES string of the molecule is Clc1ccc(C2(n3ccnc3)OCC(Cc3cc(N4CCNCC4)ccc3Oc3ccc(N4CCNCC4)cc3CC3COC(c4ccc(Cl)cc4Cl)(n4ccnc4)O3)O2)c(Cl)c1. The zero-order valence-corrected chi connectivity index (χ0v) is 37.3. The van der Waals surface area contributed by atoms with Gasteiger partial charge in [-0.15, -0.1) is 0 Å². The Bertz CT molecular complexity index is 2370. The van der Waals surface area contributed by atoms with Gasteiger partial charge in [-0.05, 0) is 83.9 Å². The van der Waals surface area contributed by atoms with Gasteiger partial charge in [-0.1, -0.05) is 46.4 Å². The Kier molecular flexibility index (Phi) is 12.3. The van der Waals surface area contributed by atoms with Gasteiger partial charge in [0.25, 0.3) is 11.8 Å². The molecular weight excluding hydrogens is 886 g/mol. The lowest BCUT2D eigenvalue weighted by atomic mass is 10.0. The fourth-order valence-corrected chi connectivity index (χ4v) is 9.94. The summed E-state index contributed by atoms with van der Waals surface area (Å²) in [6.07, 6.45) is 10.5. The Morgan fingerprint density at radius 3 is 1.43 bits per heavy atom. The number of hydrogen-bond donors (Lipinski definition) is 2.